The van der Waals surface area contributed by atoms with Gasteiger partial charge >= 0.3 is 5.97 Å². The molecule has 1 aliphatic heterocycles. The summed E-state index contributed by atoms with van der Waals surface area (Å²) in [6.07, 6.45) is 2.27. The Hall–Kier alpha value is -1.87. The van der Waals surface area contributed by atoms with E-state index < -0.39 is 0 Å². The summed E-state index contributed by atoms with van der Waals surface area (Å²) in [6, 6.07) is 5.88. The zero-order valence-electron chi connectivity index (χ0n) is 12.0. The lowest BCUT2D eigenvalue weighted by molar-refractivity contribution is -0.143. The lowest BCUT2D eigenvalue weighted by Gasteiger charge is -2.15. The quantitative estimate of drug-likeness (QED) is 0.476. The summed E-state index contributed by atoms with van der Waals surface area (Å²) in [5, 5.41) is 9.33. The summed E-state index contributed by atoms with van der Waals surface area (Å²) >= 11 is 3.44. The SMILES string of the molecule is CCOC(=O)CCN(C#N)C1=NC(C)c2cc(Br)ccc21. The van der Waals surface area contributed by atoms with Gasteiger partial charge in [0.1, 0.15) is 5.84 Å². The number of esters is 1. The van der Waals surface area contributed by atoms with Crippen LogP contribution in [0.1, 0.15) is 37.4 Å². The number of benzene rings is 1. The predicted octanol–water partition coefficient (Wildman–Crippen LogP) is 3.01. The molecule has 1 aliphatic rings. The first-order chi connectivity index (χ1) is 10.1. The Kier molecular flexibility index (Phi) is 4.97. The predicted molar refractivity (Wildman–Crippen MR) is 82.7 cm³/mol. The van der Waals surface area contributed by atoms with Crippen LogP contribution in [0.25, 0.3) is 0 Å². The van der Waals surface area contributed by atoms with Crippen molar-refractivity contribution in [2.45, 2.75) is 26.3 Å². The Labute approximate surface area is 132 Å². The molecule has 0 saturated carbocycles. The maximum atomic E-state index is 11.4. The molecule has 0 N–H and O–H groups in total. The Balaban J connectivity index is 2.16. The van der Waals surface area contributed by atoms with E-state index in [2.05, 4.69) is 27.1 Å². The molecule has 0 saturated heterocycles. The van der Waals surface area contributed by atoms with E-state index in [9.17, 15) is 10.1 Å². The third kappa shape index (κ3) is 3.42. The number of hydrogen-bond donors (Lipinski definition) is 0. The third-order valence-electron chi connectivity index (χ3n) is 3.24. The number of nitriles is 1. The molecule has 0 aromatic heterocycles. The minimum atomic E-state index is -0.305. The van der Waals surface area contributed by atoms with E-state index in [0.717, 1.165) is 15.6 Å². The zero-order chi connectivity index (χ0) is 15.4. The average molecular weight is 350 g/mol. The van der Waals surface area contributed by atoms with E-state index in [1.807, 2.05) is 25.1 Å². The Morgan fingerprint density at radius 3 is 3.00 bits per heavy atom. The number of nitrogens with zero attached hydrogens (tertiary/aromatic N) is 3. The Bertz CT molecular complexity index is 622. The van der Waals surface area contributed by atoms with Crippen molar-refractivity contribution < 1.29 is 9.53 Å². The number of amidine groups is 1. The van der Waals surface area contributed by atoms with Crippen LogP contribution in [-0.4, -0.2) is 29.9 Å². The summed E-state index contributed by atoms with van der Waals surface area (Å²) in [5.74, 6) is 0.317. The summed E-state index contributed by atoms with van der Waals surface area (Å²) < 4.78 is 5.87. The second kappa shape index (κ2) is 6.72. The molecule has 0 aliphatic carbocycles. The van der Waals surface area contributed by atoms with Crippen molar-refractivity contribution in [2.75, 3.05) is 13.2 Å². The second-order valence-electron chi connectivity index (χ2n) is 4.67. The Morgan fingerprint density at radius 1 is 1.57 bits per heavy atom. The largest absolute Gasteiger partial charge is 0.466 e. The first-order valence-electron chi connectivity index (χ1n) is 6.77. The number of hydrogen-bond acceptors (Lipinski definition) is 5. The summed E-state index contributed by atoms with van der Waals surface area (Å²) in [4.78, 5) is 17.4. The zero-order valence-corrected chi connectivity index (χ0v) is 13.6. The van der Waals surface area contributed by atoms with Gasteiger partial charge in [-0.25, -0.2) is 0 Å². The molecule has 1 aromatic rings. The molecule has 0 bridgehead atoms. The highest BCUT2D eigenvalue weighted by atomic mass is 79.9. The maximum absolute atomic E-state index is 11.4. The van der Waals surface area contributed by atoms with E-state index in [0.29, 0.717) is 12.4 Å². The van der Waals surface area contributed by atoms with Gasteiger partial charge in [0.2, 0.25) is 0 Å². The molecule has 1 aromatic carbocycles. The highest BCUT2D eigenvalue weighted by Crippen LogP contribution is 2.32. The number of aliphatic imine (C=N–C) groups is 1. The van der Waals surface area contributed by atoms with Gasteiger partial charge in [-0.05, 0) is 37.6 Å². The van der Waals surface area contributed by atoms with Crippen LogP contribution >= 0.6 is 15.9 Å². The van der Waals surface area contributed by atoms with Crippen molar-refractivity contribution in [2.24, 2.45) is 4.99 Å². The third-order valence-corrected chi connectivity index (χ3v) is 3.74. The molecular weight excluding hydrogens is 334 g/mol. The van der Waals surface area contributed by atoms with Crippen molar-refractivity contribution in [3.63, 3.8) is 0 Å². The first-order valence-corrected chi connectivity index (χ1v) is 7.56. The van der Waals surface area contributed by atoms with E-state index in [1.165, 1.54) is 4.90 Å². The minimum Gasteiger partial charge on any atom is -0.466 e. The van der Waals surface area contributed by atoms with Crippen molar-refractivity contribution in [3.8, 4) is 6.19 Å². The highest BCUT2D eigenvalue weighted by Gasteiger charge is 2.26. The molecule has 110 valence electrons. The normalized spacial score (nSPS) is 15.9. The monoisotopic (exact) mass is 349 g/mol. The van der Waals surface area contributed by atoms with E-state index in [4.69, 9.17) is 4.74 Å². The van der Waals surface area contributed by atoms with Crippen LogP contribution in [0.4, 0.5) is 0 Å². The molecule has 2 rings (SSSR count). The first kappa shape index (κ1) is 15.5. The summed E-state index contributed by atoms with van der Waals surface area (Å²) in [7, 11) is 0. The van der Waals surface area contributed by atoms with Crippen molar-refractivity contribution in [3.05, 3.63) is 33.8 Å². The van der Waals surface area contributed by atoms with Gasteiger partial charge in [-0.3, -0.25) is 14.7 Å². The molecule has 0 radical (unpaired) electrons. The standard InChI is InChI=1S/C15H16BrN3O2/c1-3-21-14(20)6-7-19(9-17)15-12-5-4-11(16)8-13(12)10(2)18-15/h4-5,8,10H,3,6-7H2,1-2H3. The maximum Gasteiger partial charge on any atom is 0.307 e. The van der Waals surface area contributed by atoms with E-state index in [-0.39, 0.29) is 25.0 Å². The number of carbonyl (C=O) groups excluding carboxylic acids is 1. The number of halogens is 1. The van der Waals surface area contributed by atoms with E-state index >= 15 is 0 Å². The van der Waals surface area contributed by atoms with Crippen molar-refractivity contribution >= 4 is 27.7 Å². The molecule has 0 spiro atoms. The van der Waals surface area contributed by atoms with Gasteiger partial charge in [-0.1, -0.05) is 15.9 Å². The van der Waals surface area contributed by atoms with Crippen LogP contribution in [0, 0.1) is 11.5 Å². The fraction of sp³-hybridized carbons (Fsp3) is 0.400. The van der Waals surface area contributed by atoms with Gasteiger partial charge in [0.05, 0.1) is 19.1 Å². The molecule has 0 amide bonds. The van der Waals surface area contributed by atoms with Crippen LogP contribution in [-0.2, 0) is 9.53 Å². The molecule has 1 atom stereocenters. The lowest BCUT2D eigenvalue weighted by atomic mass is 10.0. The van der Waals surface area contributed by atoms with Gasteiger partial charge in [-0.15, -0.1) is 0 Å². The lowest BCUT2D eigenvalue weighted by Crippen LogP contribution is -2.28. The summed E-state index contributed by atoms with van der Waals surface area (Å²) in [5.41, 5.74) is 2.02. The minimum absolute atomic E-state index is 0.00550. The molecule has 21 heavy (non-hydrogen) atoms. The molecule has 0 fully saturated rings. The summed E-state index contributed by atoms with van der Waals surface area (Å²) in [6.45, 7) is 4.37. The number of rotatable bonds is 4. The van der Waals surface area contributed by atoms with Crippen LogP contribution in [0.2, 0.25) is 0 Å². The fourth-order valence-corrected chi connectivity index (χ4v) is 2.64. The molecule has 1 heterocycles. The molecular formula is C15H16BrN3O2. The van der Waals surface area contributed by atoms with Gasteiger partial charge < -0.3 is 4.74 Å². The second-order valence-corrected chi connectivity index (χ2v) is 5.58. The molecule has 5 nitrogen and oxygen atoms in total. The van der Waals surface area contributed by atoms with Crippen LogP contribution in [0.5, 0.6) is 0 Å². The molecule has 1 unspecified atom stereocenters. The smallest absolute Gasteiger partial charge is 0.307 e. The van der Waals surface area contributed by atoms with Gasteiger partial charge in [-0.2, -0.15) is 5.26 Å². The average Bonchev–Trinajstić information content (AvgIpc) is 2.77. The number of ether oxygens (including phenoxy) is 1. The van der Waals surface area contributed by atoms with Gasteiger partial charge in [0.15, 0.2) is 6.19 Å². The van der Waals surface area contributed by atoms with Crippen LogP contribution < -0.4 is 0 Å². The highest BCUT2D eigenvalue weighted by molar-refractivity contribution is 9.10. The Morgan fingerprint density at radius 2 is 2.33 bits per heavy atom. The van der Waals surface area contributed by atoms with Crippen molar-refractivity contribution in [1.29, 1.82) is 5.26 Å². The molecule has 6 heteroatoms. The van der Waals surface area contributed by atoms with Crippen LogP contribution in [0.3, 0.4) is 0 Å². The van der Waals surface area contributed by atoms with Gasteiger partial charge in [0.25, 0.3) is 0 Å². The van der Waals surface area contributed by atoms with E-state index in [1.54, 1.807) is 6.92 Å². The van der Waals surface area contributed by atoms with Crippen LogP contribution in [0.15, 0.2) is 27.7 Å². The van der Waals surface area contributed by atoms with Crippen molar-refractivity contribution in [1.82, 2.24) is 4.90 Å². The fourth-order valence-electron chi connectivity index (χ4n) is 2.26. The number of fused-ring (bicyclic) bond motifs is 1. The number of carbonyl (C=O) groups is 1. The van der Waals surface area contributed by atoms with Gasteiger partial charge in [0, 0.05) is 16.6 Å². The topological polar surface area (TPSA) is 65.7 Å².